The average Bonchev–Trinajstić information content (AvgIpc) is 3.13. The molecule has 0 bridgehead atoms. The Kier molecular flexibility index (Phi) is 4.67. The molecule has 24 heavy (non-hydrogen) atoms. The van der Waals surface area contributed by atoms with Crippen LogP contribution >= 0.6 is 22.7 Å². The number of nitrogens with zero attached hydrogens (tertiary/aromatic N) is 3. The van der Waals surface area contributed by atoms with Crippen LogP contribution in [-0.2, 0) is 4.74 Å². The van der Waals surface area contributed by atoms with Crippen LogP contribution in [0.1, 0.15) is 38.4 Å². The third kappa shape index (κ3) is 3.07. The topological polar surface area (TPSA) is 55.3 Å². The molecule has 2 aromatic heterocycles. The zero-order valence-electron chi connectivity index (χ0n) is 14.3. The lowest BCUT2D eigenvalue weighted by Gasteiger charge is -2.16. The number of anilines is 1. The predicted molar refractivity (Wildman–Crippen MR) is 99.4 cm³/mol. The summed E-state index contributed by atoms with van der Waals surface area (Å²) in [6, 6.07) is 5.89. The number of benzene rings is 1. The highest BCUT2D eigenvalue weighted by Crippen LogP contribution is 2.30. The summed E-state index contributed by atoms with van der Waals surface area (Å²) in [5.74, 6) is -0.0554. The molecule has 0 fully saturated rings. The van der Waals surface area contributed by atoms with Gasteiger partial charge in [-0.15, -0.1) is 22.7 Å². The molecule has 1 amide bonds. The molecule has 2 heterocycles. The van der Waals surface area contributed by atoms with Crippen molar-refractivity contribution in [3.05, 3.63) is 38.8 Å². The van der Waals surface area contributed by atoms with Gasteiger partial charge >= 0.3 is 0 Å². The molecule has 0 spiro atoms. The molecule has 0 aliphatic rings. The van der Waals surface area contributed by atoms with Crippen LogP contribution in [0.25, 0.3) is 10.2 Å². The number of rotatable bonds is 4. The lowest BCUT2D eigenvalue weighted by atomic mass is 10.2. The standard InChI is InChI=1S/C17H19N3O2S2/c1-9-15(24-16(18-9)10(2)22-5)17(21)20(4)12-6-7-13-14(8-12)23-11(3)19-13/h6-8,10H,1-5H3. The van der Waals surface area contributed by atoms with Crippen molar-refractivity contribution in [2.75, 3.05) is 19.1 Å². The molecule has 1 unspecified atom stereocenters. The minimum absolute atomic E-state index is 0.0554. The first-order chi connectivity index (χ1) is 11.4. The van der Waals surface area contributed by atoms with Crippen LogP contribution in [0.2, 0.25) is 0 Å². The van der Waals surface area contributed by atoms with Gasteiger partial charge in [-0.2, -0.15) is 0 Å². The summed E-state index contributed by atoms with van der Waals surface area (Å²) < 4.78 is 6.38. The van der Waals surface area contributed by atoms with Gasteiger partial charge in [0.25, 0.3) is 5.91 Å². The van der Waals surface area contributed by atoms with E-state index in [2.05, 4.69) is 9.97 Å². The van der Waals surface area contributed by atoms with Gasteiger partial charge in [-0.1, -0.05) is 0 Å². The van der Waals surface area contributed by atoms with Crippen molar-refractivity contribution in [2.24, 2.45) is 0 Å². The van der Waals surface area contributed by atoms with Crippen LogP contribution in [0.3, 0.4) is 0 Å². The van der Waals surface area contributed by atoms with Crippen molar-refractivity contribution in [1.82, 2.24) is 9.97 Å². The van der Waals surface area contributed by atoms with Crippen LogP contribution in [0, 0.1) is 13.8 Å². The highest BCUT2D eigenvalue weighted by atomic mass is 32.1. The maximum Gasteiger partial charge on any atom is 0.270 e. The van der Waals surface area contributed by atoms with E-state index in [0.717, 1.165) is 31.6 Å². The van der Waals surface area contributed by atoms with Crippen molar-refractivity contribution >= 4 is 44.5 Å². The number of hydrogen-bond donors (Lipinski definition) is 0. The summed E-state index contributed by atoms with van der Waals surface area (Å²) in [6.07, 6.45) is -0.114. The molecule has 126 valence electrons. The Morgan fingerprint density at radius 1 is 1.25 bits per heavy atom. The first kappa shape index (κ1) is 17.0. The summed E-state index contributed by atoms with van der Waals surface area (Å²) in [4.78, 5) is 24.1. The number of hydrogen-bond acceptors (Lipinski definition) is 6. The number of aryl methyl sites for hydroxylation is 2. The smallest absolute Gasteiger partial charge is 0.270 e. The fourth-order valence-electron chi connectivity index (χ4n) is 2.40. The second kappa shape index (κ2) is 6.58. The van der Waals surface area contributed by atoms with E-state index >= 15 is 0 Å². The minimum Gasteiger partial charge on any atom is -0.375 e. The second-order valence-corrected chi connectivity index (χ2v) is 7.86. The SMILES string of the molecule is COC(C)c1nc(C)c(C(=O)N(C)c2ccc3nc(C)sc3c2)s1. The summed E-state index contributed by atoms with van der Waals surface area (Å²) >= 11 is 3.02. The second-order valence-electron chi connectivity index (χ2n) is 5.59. The monoisotopic (exact) mass is 361 g/mol. The Hall–Kier alpha value is -1.83. The number of fused-ring (bicyclic) bond motifs is 1. The van der Waals surface area contributed by atoms with E-state index in [1.54, 1.807) is 30.4 Å². The zero-order chi connectivity index (χ0) is 17.4. The van der Waals surface area contributed by atoms with Crippen molar-refractivity contribution in [3.63, 3.8) is 0 Å². The number of carbonyl (C=O) groups is 1. The van der Waals surface area contributed by atoms with Crippen LogP contribution < -0.4 is 4.90 Å². The zero-order valence-corrected chi connectivity index (χ0v) is 15.9. The Bertz CT molecular complexity index is 901. The number of thiazole rings is 2. The fraction of sp³-hybridized carbons (Fsp3) is 0.353. The highest BCUT2D eigenvalue weighted by Gasteiger charge is 2.22. The van der Waals surface area contributed by atoms with E-state index in [-0.39, 0.29) is 12.0 Å². The largest absolute Gasteiger partial charge is 0.375 e. The molecule has 1 aromatic carbocycles. The molecule has 0 radical (unpaired) electrons. The molecular weight excluding hydrogens is 342 g/mol. The van der Waals surface area contributed by atoms with Crippen molar-refractivity contribution in [2.45, 2.75) is 26.9 Å². The van der Waals surface area contributed by atoms with Crippen molar-refractivity contribution in [1.29, 1.82) is 0 Å². The number of carbonyl (C=O) groups excluding carboxylic acids is 1. The van der Waals surface area contributed by atoms with Crippen molar-refractivity contribution in [3.8, 4) is 0 Å². The number of amides is 1. The van der Waals surface area contributed by atoms with E-state index in [1.807, 2.05) is 39.0 Å². The average molecular weight is 361 g/mol. The highest BCUT2D eigenvalue weighted by molar-refractivity contribution is 7.18. The van der Waals surface area contributed by atoms with Gasteiger partial charge in [0, 0.05) is 19.8 Å². The molecule has 7 heteroatoms. The van der Waals surface area contributed by atoms with Gasteiger partial charge in [-0.05, 0) is 39.0 Å². The maximum atomic E-state index is 12.9. The van der Waals surface area contributed by atoms with E-state index in [4.69, 9.17) is 4.74 Å². The number of ether oxygens (including phenoxy) is 1. The van der Waals surface area contributed by atoms with Crippen LogP contribution in [0.4, 0.5) is 5.69 Å². The molecule has 0 aliphatic carbocycles. The minimum atomic E-state index is -0.114. The van der Waals surface area contributed by atoms with Gasteiger partial charge in [-0.25, -0.2) is 9.97 Å². The van der Waals surface area contributed by atoms with Crippen LogP contribution in [0.15, 0.2) is 18.2 Å². The summed E-state index contributed by atoms with van der Waals surface area (Å²) in [5, 5.41) is 1.84. The Labute approximate surface area is 148 Å². The molecular formula is C17H19N3O2S2. The molecule has 0 aliphatic heterocycles. The van der Waals surface area contributed by atoms with E-state index < -0.39 is 0 Å². The summed E-state index contributed by atoms with van der Waals surface area (Å²) in [6.45, 7) is 5.77. The van der Waals surface area contributed by atoms with Gasteiger partial charge in [-0.3, -0.25) is 4.79 Å². The number of methoxy groups -OCH3 is 1. The first-order valence-corrected chi connectivity index (χ1v) is 9.19. The quantitative estimate of drug-likeness (QED) is 0.693. The van der Waals surface area contributed by atoms with E-state index in [9.17, 15) is 4.79 Å². The Morgan fingerprint density at radius 3 is 2.71 bits per heavy atom. The molecule has 3 aromatic rings. The van der Waals surface area contributed by atoms with Gasteiger partial charge in [0.2, 0.25) is 0 Å². The third-order valence-electron chi connectivity index (χ3n) is 3.88. The summed E-state index contributed by atoms with van der Waals surface area (Å²) in [5.41, 5.74) is 2.56. The first-order valence-electron chi connectivity index (χ1n) is 7.56. The van der Waals surface area contributed by atoms with Crippen LogP contribution in [-0.4, -0.2) is 30.0 Å². The van der Waals surface area contributed by atoms with Gasteiger partial charge in [0.15, 0.2) is 0 Å². The normalized spacial score (nSPS) is 12.5. The van der Waals surface area contributed by atoms with Gasteiger partial charge in [0.05, 0.1) is 20.9 Å². The Balaban J connectivity index is 1.91. The van der Waals surface area contributed by atoms with E-state index in [0.29, 0.717) is 4.88 Å². The molecule has 0 saturated carbocycles. The lowest BCUT2D eigenvalue weighted by Crippen LogP contribution is -2.25. The molecule has 3 rings (SSSR count). The third-order valence-corrected chi connectivity index (χ3v) is 6.12. The summed E-state index contributed by atoms with van der Waals surface area (Å²) in [7, 11) is 3.43. The van der Waals surface area contributed by atoms with E-state index in [1.165, 1.54) is 11.3 Å². The maximum absolute atomic E-state index is 12.9. The molecule has 0 N–H and O–H groups in total. The lowest BCUT2D eigenvalue weighted by molar-refractivity contribution is 0.0996. The molecule has 1 atom stereocenters. The predicted octanol–water partition coefficient (Wildman–Crippen LogP) is 4.35. The Morgan fingerprint density at radius 2 is 2.00 bits per heavy atom. The number of aromatic nitrogens is 2. The van der Waals surface area contributed by atoms with Gasteiger partial charge in [0.1, 0.15) is 16.0 Å². The van der Waals surface area contributed by atoms with Crippen LogP contribution in [0.5, 0.6) is 0 Å². The van der Waals surface area contributed by atoms with Crippen molar-refractivity contribution < 1.29 is 9.53 Å². The fourth-order valence-corrected chi connectivity index (χ4v) is 4.33. The van der Waals surface area contributed by atoms with Gasteiger partial charge < -0.3 is 9.64 Å². The molecule has 0 saturated heterocycles. The molecule has 5 nitrogen and oxygen atoms in total.